The maximum absolute atomic E-state index is 10.3. The average Bonchev–Trinajstić information content (AvgIpc) is 3.26. The zero-order valence-electron chi connectivity index (χ0n) is 43.5. The van der Waals surface area contributed by atoms with Crippen molar-refractivity contribution >= 4 is 11.9 Å². The zero-order chi connectivity index (χ0) is 45.3. The first-order valence-corrected chi connectivity index (χ1v) is 28.9. The van der Waals surface area contributed by atoms with Crippen LogP contribution in [0.2, 0.25) is 0 Å². The molecule has 0 bridgehead atoms. The number of carbonyl (C=O) groups excluding carboxylic acids is 2. The number of aliphatic carboxylic acids is 2. The summed E-state index contributed by atoms with van der Waals surface area (Å²) in [6, 6.07) is 0. The van der Waals surface area contributed by atoms with Crippen molar-refractivity contribution in [1.82, 2.24) is 0 Å². The summed E-state index contributed by atoms with van der Waals surface area (Å²) in [6.07, 6.45) is 72.2. The molecule has 0 aliphatic rings. The Bertz CT molecular complexity index is 753. The van der Waals surface area contributed by atoms with Gasteiger partial charge in [0.15, 0.2) is 0 Å². The molecule has 0 saturated carbocycles. The minimum atomic E-state index is -0.899. The number of hydrogen-bond acceptors (Lipinski definition) is 4. The van der Waals surface area contributed by atoms with E-state index in [2.05, 4.69) is 13.8 Å². The van der Waals surface area contributed by atoms with E-state index in [0.717, 1.165) is 25.7 Å². The fourth-order valence-corrected chi connectivity index (χ4v) is 9.17. The van der Waals surface area contributed by atoms with Gasteiger partial charge in [0.2, 0.25) is 0 Å². The van der Waals surface area contributed by atoms with E-state index < -0.39 is 11.9 Å². The van der Waals surface area contributed by atoms with Gasteiger partial charge in [0, 0.05) is 11.9 Å². The summed E-state index contributed by atoms with van der Waals surface area (Å²) in [4.78, 5) is 20.6. The number of carbonyl (C=O) groups is 2. The van der Waals surface area contributed by atoms with E-state index in [-0.39, 0.29) is 32.3 Å². The number of carboxylic acid groups (broad SMARTS) is 2. The molecule has 0 unspecified atom stereocenters. The molecule has 0 N–H and O–H groups in total. The van der Waals surface area contributed by atoms with Gasteiger partial charge >= 0.3 is 19.5 Å². The van der Waals surface area contributed by atoms with Gasteiger partial charge in [-0.25, -0.2) is 0 Å². The average molecular weight is 941 g/mol. The van der Waals surface area contributed by atoms with Crippen LogP contribution in [0.1, 0.15) is 361 Å². The Balaban J connectivity index is -0.00000112. The third-order valence-corrected chi connectivity index (χ3v) is 13.5. The normalized spacial score (nSPS) is 11.1. The molecular weight excluding hydrogens is 826 g/mol. The van der Waals surface area contributed by atoms with Crippen LogP contribution in [-0.4, -0.2) is 11.9 Å². The second kappa shape index (κ2) is 63.6. The molecule has 0 amide bonds. The first-order chi connectivity index (χ1) is 30.5. The SMILES string of the molecule is CCCCCCCCCCCCCCCCCCCCCCCCCCCCC(=O)[O-].CCCCCCCCCCCCCCCCCCCCCCCCCCCCC(=O)[O-].[Zn+2]. The van der Waals surface area contributed by atoms with Crippen LogP contribution in [0.15, 0.2) is 0 Å². The van der Waals surface area contributed by atoms with E-state index in [4.69, 9.17) is 0 Å². The van der Waals surface area contributed by atoms with Crippen LogP contribution in [-0.2, 0) is 29.1 Å². The largest absolute Gasteiger partial charge is 2.00 e. The predicted molar refractivity (Wildman–Crippen MR) is 271 cm³/mol. The molecule has 0 aliphatic heterocycles. The molecule has 372 valence electrons. The summed E-state index contributed by atoms with van der Waals surface area (Å²) < 4.78 is 0. The van der Waals surface area contributed by atoms with Gasteiger partial charge in [-0.2, -0.15) is 0 Å². The summed E-state index contributed by atoms with van der Waals surface area (Å²) >= 11 is 0. The second-order valence-electron chi connectivity index (χ2n) is 19.9. The van der Waals surface area contributed by atoms with Crippen LogP contribution in [0.5, 0.6) is 0 Å². The van der Waals surface area contributed by atoms with Crippen molar-refractivity contribution in [3.8, 4) is 0 Å². The van der Waals surface area contributed by atoms with Crippen LogP contribution in [0.4, 0.5) is 0 Å². The molecule has 0 heterocycles. The molecule has 0 radical (unpaired) electrons. The molecule has 0 aliphatic carbocycles. The first kappa shape index (κ1) is 66.8. The number of rotatable bonds is 54. The number of hydrogen-bond donors (Lipinski definition) is 0. The van der Waals surface area contributed by atoms with Gasteiger partial charge in [-0.05, 0) is 25.7 Å². The summed E-state index contributed by atoms with van der Waals surface area (Å²) in [7, 11) is 0. The van der Waals surface area contributed by atoms with E-state index >= 15 is 0 Å². The van der Waals surface area contributed by atoms with Gasteiger partial charge in [-0.1, -0.05) is 335 Å². The van der Waals surface area contributed by atoms with Crippen molar-refractivity contribution in [2.45, 2.75) is 361 Å². The molecular formula is C58H114O4Zn. The number of carboxylic acids is 2. The third kappa shape index (κ3) is 70.7. The van der Waals surface area contributed by atoms with Crippen molar-refractivity contribution in [2.75, 3.05) is 0 Å². The standard InChI is InChI=1S/2C29H58O2.Zn/c2*1-2-3-4-5-6-7-8-9-10-11-12-13-14-15-16-17-18-19-20-21-22-23-24-25-26-27-28-29(30)31;/h2*2-28H2,1H3,(H,30,31);/q;;+2/p-2. The summed E-state index contributed by atoms with van der Waals surface area (Å²) in [6.45, 7) is 4.59. The van der Waals surface area contributed by atoms with E-state index in [1.807, 2.05) is 0 Å². The van der Waals surface area contributed by atoms with Gasteiger partial charge in [0.1, 0.15) is 0 Å². The Morgan fingerprint density at radius 1 is 0.206 bits per heavy atom. The molecule has 0 atom stereocenters. The Morgan fingerprint density at radius 2 is 0.302 bits per heavy atom. The predicted octanol–water partition coefficient (Wildman–Crippen LogP) is 18.6. The first-order valence-electron chi connectivity index (χ1n) is 28.9. The van der Waals surface area contributed by atoms with Crippen molar-refractivity contribution in [3.05, 3.63) is 0 Å². The molecule has 0 spiro atoms. The minimum Gasteiger partial charge on any atom is -0.550 e. The van der Waals surface area contributed by atoms with Crippen LogP contribution < -0.4 is 10.2 Å². The number of unbranched alkanes of at least 4 members (excludes halogenated alkanes) is 50. The molecule has 5 heteroatoms. The second-order valence-corrected chi connectivity index (χ2v) is 19.9. The minimum absolute atomic E-state index is 0. The Kier molecular flexibility index (Phi) is 67.5. The van der Waals surface area contributed by atoms with Crippen molar-refractivity contribution in [1.29, 1.82) is 0 Å². The fourth-order valence-electron chi connectivity index (χ4n) is 9.17. The van der Waals surface area contributed by atoms with E-state index in [1.165, 1.54) is 308 Å². The van der Waals surface area contributed by atoms with Gasteiger partial charge in [0.05, 0.1) is 0 Å². The molecule has 63 heavy (non-hydrogen) atoms. The molecule has 0 fully saturated rings. The summed E-state index contributed by atoms with van der Waals surface area (Å²) in [5, 5.41) is 20.6. The van der Waals surface area contributed by atoms with E-state index in [1.54, 1.807) is 0 Å². The monoisotopic (exact) mass is 939 g/mol. The van der Waals surface area contributed by atoms with Crippen molar-refractivity contribution < 1.29 is 39.3 Å². The van der Waals surface area contributed by atoms with Crippen molar-refractivity contribution in [3.63, 3.8) is 0 Å². The summed E-state index contributed by atoms with van der Waals surface area (Å²) in [5.41, 5.74) is 0. The fraction of sp³-hybridized carbons (Fsp3) is 0.966. The maximum atomic E-state index is 10.3. The van der Waals surface area contributed by atoms with Gasteiger partial charge in [0.25, 0.3) is 0 Å². The summed E-state index contributed by atoms with van der Waals surface area (Å²) in [5.74, 6) is -1.80. The van der Waals surface area contributed by atoms with Crippen LogP contribution in [0.3, 0.4) is 0 Å². The molecule has 0 aromatic rings. The quantitative estimate of drug-likeness (QED) is 0.0449. The maximum Gasteiger partial charge on any atom is 2.00 e. The molecule has 0 saturated heterocycles. The Morgan fingerprint density at radius 3 is 0.397 bits per heavy atom. The Labute approximate surface area is 409 Å². The van der Waals surface area contributed by atoms with Gasteiger partial charge in [-0.3, -0.25) is 0 Å². The third-order valence-electron chi connectivity index (χ3n) is 13.5. The molecule has 0 rings (SSSR count). The molecule has 0 aromatic carbocycles. The van der Waals surface area contributed by atoms with E-state index in [9.17, 15) is 19.8 Å². The zero-order valence-corrected chi connectivity index (χ0v) is 46.5. The van der Waals surface area contributed by atoms with Crippen LogP contribution >= 0.6 is 0 Å². The Hall–Kier alpha value is -0.437. The van der Waals surface area contributed by atoms with Crippen molar-refractivity contribution in [2.24, 2.45) is 0 Å². The van der Waals surface area contributed by atoms with Crippen LogP contribution in [0.25, 0.3) is 0 Å². The van der Waals surface area contributed by atoms with Crippen LogP contribution in [0, 0.1) is 0 Å². The van der Waals surface area contributed by atoms with Gasteiger partial charge in [-0.15, -0.1) is 0 Å². The smallest absolute Gasteiger partial charge is 0.550 e. The molecule has 0 aromatic heterocycles. The van der Waals surface area contributed by atoms with Gasteiger partial charge < -0.3 is 19.8 Å². The topological polar surface area (TPSA) is 80.3 Å². The van der Waals surface area contributed by atoms with E-state index in [0.29, 0.717) is 0 Å². The molecule has 4 nitrogen and oxygen atoms in total.